The zero-order chi connectivity index (χ0) is 15.1. The minimum Gasteiger partial charge on any atom is -0.398 e. The first-order chi connectivity index (χ1) is 9.25. The number of carbonyl (C=O) groups excluding carboxylic acids is 2. The summed E-state index contributed by atoms with van der Waals surface area (Å²) in [5.41, 5.74) is 5.66. The number of halogens is 1. The summed E-state index contributed by atoms with van der Waals surface area (Å²) in [6.45, 7) is 4.53. The Morgan fingerprint density at radius 3 is 2.60 bits per heavy atom. The highest BCUT2D eigenvalue weighted by molar-refractivity contribution is 6.33. The second-order valence-corrected chi connectivity index (χ2v) is 5.89. The van der Waals surface area contributed by atoms with Crippen molar-refractivity contribution in [2.75, 3.05) is 25.9 Å². The predicted molar refractivity (Wildman–Crippen MR) is 78.6 cm³/mol. The molecule has 108 valence electrons. The Morgan fingerprint density at radius 2 is 2.00 bits per heavy atom. The fourth-order valence-electron chi connectivity index (χ4n) is 2.40. The second-order valence-electron chi connectivity index (χ2n) is 5.48. The van der Waals surface area contributed by atoms with E-state index in [0.717, 1.165) is 0 Å². The Bertz CT molecular complexity index is 572. The first-order valence-corrected chi connectivity index (χ1v) is 6.75. The molecule has 5 nitrogen and oxygen atoms in total. The molecule has 0 aliphatic carbocycles. The number of anilines is 1. The lowest BCUT2D eigenvalue weighted by Gasteiger charge is -2.44. The van der Waals surface area contributed by atoms with Crippen molar-refractivity contribution in [2.24, 2.45) is 0 Å². The van der Waals surface area contributed by atoms with E-state index in [1.54, 1.807) is 48.9 Å². The van der Waals surface area contributed by atoms with Gasteiger partial charge in [-0.25, -0.2) is 0 Å². The quantitative estimate of drug-likeness (QED) is 0.801. The summed E-state index contributed by atoms with van der Waals surface area (Å²) >= 11 is 5.86. The number of hydrogen-bond donors (Lipinski definition) is 1. The first-order valence-electron chi connectivity index (χ1n) is 6.37. The predicted octanol–water partition coefficient (Wildman–Crippen LogP) is 1.61. The largest absolute Gasteiger partial charge is 0.398 e. The number of rotatable bonds is 1. The summed E-state index contributed by atoms with van der Waals surface area (Å²) in [7, 11) is 1.74. The highest BCUT2D eigenvalue weighted by Gasteiger charge is 2.43. The topological polar surface area (TPSA) is 66.6 Å². The van der Waals surface area contributed by atoms with Crippen LogP contribution in [-0.4, -0.2) is 47.3 Å². The summed E-state index contributed by atoms with van der Waals surface area (Å²) < 4.78 is 0. The maximum Gasteiger partial charge on any atom is 0.254 e. The zero-order valence-electron chi connectivity index (χ0n) is 11.8. The van der Waals surface area contributed by atoms with Crippen LogP contribution < -0.4 is 5.73 Å². The van der Waals surface area contributed by atoms with Crippen LogP contribution in [0.25, 0.3) is 0 Å². The van der Waals surface area contributed by atoms with Crippen LogP contribution in [0.1, 0.15) is 24.2 Å². The van der Waals surface area contributed by atoms with Crippen molar-refractivity contribution in [3.05, 3.63) is 28.8 Å². The third-order valence-corrected chi connectivity index (χ3v) is 4.04. The van der Waals surface area contributed by atoms with Crippen LogP contribution in [-0.2, 0) is 4.79 Å². The minimum absolute atomic E-state index is 0.0703. The molecule has 1 fully saturated rings. The van der Waals surface area contributed by atoms with Gasteiger partial charge in [0.1, 0.15) is 5.54 Å². The molecule has 1 saturated heterocycles. The fraction of sp³-hybridized carbons (Fsp3) is 0.429. The third kappa shape index (κ3) is 2.33. The molecule has 0 bridgehead atoms. The number of amides is 2. The van der Waals surface area contributed by atoms with Crippen molar-refractivity contribution < 1.29 is 9.59 Å². The molecule has 2 amide bonds. The van der Waals surface area contributed by atoms with Crippen molar-refractivity contribution in [1.29, 1.82) is 0 Å². The van der Waals surface area contributed by atoms with Crippen molar-refractivity contribution in [3.63, 3.8) is 0 Å². The molecular weight excluding hydrogens is 278 g/mol. The summed E-state index contributed by atoms with van der Waals surface area (Å²) in [6, 6.07) is 4.76. The standard InChI is InChI=1S/C14H18ClN3O2/c1-14(2)13(20)17(3)6-7-18(14)12(19)9-4-5-10(15)11(16)8-9/h4-5,8H,6-7,16H2,1-3H3. The number of nitrogens with two attached hydrogens (primary N) is 1. The van der Waals surface area contributed by atoms with E-state index in [4.69, 9.17) is 17.3 Å². The highest BCUT2D eigenvalue weighted by atomic mass is 35.5. The van der Waals surface area contributed by atoms with E-state index in [-0.39, 0.29) is 11.8 Å². The Balaban J connectivity index is 2.33. The van der Waals surface area contributed by atoms with Crippen LogP contribution in [0.4, 0.5) is 5.69 Å². The third-order valence-electron chi connectivity index (χ3n) is 3.69. The van der Waals surface area contributed by atoms with Crippen molar-refractivity contribution in [3.8, 4) is 0 Å². The van der Waals surface area contributed by atoms with E-state index < -0.39 is 5.54 Å². The van der Waals surface area contributed by atoms with Gasteiger partial charge in [0.2, 0.25) is 5.91 Å². The number of nitrogens with zero attached hydrogens (tertiary/aromatic N) is 2. The van der Waals surface area contributed by atoms with E-state index in [2.05, 4.69) is 0 Å². The first kappa shape index (κ1) is 14.7. The molecule has 1 aliphatic rings. The Hall–Kier alpha value is -1.75. The summed E-state index contributed by atoms with van der Waals surface area (Å²) in [5, 5.41) is 0.412. The number of benzene rings is 1. The van der Waals surface area contributed by atoms with Crippen LogP contribution >= 0.6 is 11.6 Å². The van der Waals surface area contributed by atoms with E-state index in [1.807, 2.05) is 0 Å². The van der Waals surface area contributed by atoms with Gasteiger partial charge >= 0.3 is 0 Å². The van der Waals surface area contributed by atoms with Crippen LogP contribution in [0.3, 0.4) is 0 Å². The molecule has 0 saturated carbocycles. The molecule has 0 unspecified atom stereocenters. The Morgan fingerprint density at radius 1 is 1.35 bits per heavy atom. The van der Waals surface area contributed by atoms with Gasteiger partial charge in [0, 0.05) is 25.7 Å². The summed E-state index contributed by atoms with van der Waals surface area (Å²) in [6.07, 6.45) is 0. The normalized spacial score (nSPS) is 18.3. The van der Waals surface area contributed by atoms with Gasteiger partial charge in [-0.3, -0.25) is 9.59 Å². The summed E-state index contributed by atoms with van der Waals surface area (Å²) in [4.78, 5) is 28.0. The molecule has 20 heavy (non-hydrogen) atoms. The van der Waals surface area contributed by atoms with Gasteiger partial charge in [0.25, 0.3) is 5.91 Å². The van der Waals surface area contributed by atoms with Crippen molar-refractivity contribution in [2.45, 2.75) is 19.4 Å². The van der Waals surface area contributed by atoms with Gasteiger partial charge in [-0.15, -0.1) is 0 Å². The maximum atomic E-state index is 12.6. The van der Waals surface area contributed by atoms with Gasteiger partial charge < -0.3 is 15.5 Å². The van der Waals surface area contributed by atoms with E-state index >= 15 is 0 Å². The van der Waals surface area contributed by atoms with Gasteiger partial charge in [0.05, 0.1) is 10.7 Å². The lowest BCUT2D eigenvalue weighted by Crippen LogP contribution is -2.63. The fourth-order valence-corrected chi connectivity index (χ4v) is 2.52. The lowest BCUT2D eigenvalue weighted by molar-refractivity contribution is -0.144. The van der Waals surface area contributed by atoms with Crippen molar-refractivity contribution in [1.82, 2.24) is 9.80 Å². The number of hydrogen-bond acceptors (Lipinski definition) is 3. The molecule has 2 rings (SSSR count). The smallest absolute Gasteiger partial charge is 0.254 e. The van der Waals surface area contributed by atoms with Crippen LogP contribution in [0.5, 0.6) is 0 Å². The van der Waals surface area contributed by atoms with Gasteiger partial charge in [0.15, 0.2) is 0 Å². The molecular formula is C14H18ClN3O2. The number of nitrogen functional groups attached to an aromatic ring is 1. The minimum atomic E-state index is -0.863. The Labute approximate surface area is 123 Å². The molecule has 6 heteroatoms. The van der Waals surface area contributed by atoms with Crippen molar-refractivity contribution >= 4 is 29.1 Å². The molecule has 2 N–H and O–H groups in total. The zero-order valence-corrected chi connectivity index (χ0v) is 12.6. The Kier molecular flexibility index (Phi) is 3.65. The molecule has 0 atom stereocenters. The van der Waals surface area contributed by atoms with Crippen LogP contribution in [0, 0.1) is 0 Å². The number of piperazine rings is 1. The van der Waals surface area contributed by atoms with Crippen LogP contribution in [0.2, 0.25) is 5.02 Å². The SMILES string of the molecule is CN1CCN(C(=O)c2ccc(Cl)c(N)c2)C(C)(C)C1=O. The van der Waals surface area contributed by atoms with Crippen LogP contribution in [0.15, 0.2) is 18.2 Å². The number of likely N-dealkylation sites (N-methyl/N-ethyl adjacent to an activating group) is 1. The second kappa shape index (κ2) is 4.98. The monoisotopic (exact) mass is 295 g/mol. The lowest BCUT2D eigenvalue weighted by atomic mass is 9.96. The van der Waals surface area contributed by atoms with E-state index in [0.29, 0.717) is 29.4 Å². The van der Waals surface area contributed by atoms with Gasteiger partial charge in [-0.1, -0.05) is 11.6 Å². The molecule has 1 aromatic rings. The molecule has 0 radical (unpaired) electrons. The maximum absolute atomic E-state index is 12.6. The molecule has 0 spiro atoms. The number of carbonyl (C=O) groups is 2. The highest BCUT2D eigenvalue weighted by Crippen LogP contribution is 2.26. The van der Waals surface area contributed by atoms with E-state index in [1.165, 1.54) is 0 Å². The van der Waals surface area contributed by atoms with Gasteiger partial charge in [-0.05, 0) is 32.0 Å². The van der Waals surface area contributed by atoms with E-state index in [9.17, 15) is 9.59 Å². The molecule has 1 heterocycles. The average molecular weight is 296 g/mol. The average Bonchev–Trinajstić information content (AvgIpc) is 2.39. The molecule has 1 aliphatic heterocycles. The summed E-state index contributed by atoms with van der Waals surface area (Å²) in [5.74, 6) is -0.279. The molecule has 0 aromatic heterocycles. The van der Waals surface area contributed by atoms with Gasteiger partial charge in [-0.2, -0.15) is 0 Å². The molecule has 1 aromatic carbocycles.